The lowest BCUT2D eigenvalue weighted by Gasteiger charge is -2.07. The fraction of sp³-hybridized carbons (Fsp3) is 0.300. The van der Waals surface area contributed by atoms with Crippen molar-refractivity contribution in [1.29, 1.82) is 0 Å². The summed E-state index contributed by atoms with van der Waals surface area (Å²) in [6.45, 7) is 3.99. The first kappa shape index (κ1) is 10.3. The Morgan fingerprint density at radius 3 is 2.23 bits per heavy atom. The van der Waals surface area contributed by atoms with Crippen molar-refractivity contribution in [1.82, 2.24) is 0 Å². The highest BCUT2D eigenvalue weighted by atomic mass is 79.9. The van der Waals surface area contributed by atoms with E-state index in [1.165, 1.54) is 0 Å². The average Bonchev–Trinajstić information content (AvgIpc) is 2.09. The summed E-state index contributed by atoms with van der Waals surface area (Å²) in [5.41, 5.74) is 1.67. The van der Waals surface area contributed by atoms with E-state index >= 15 is 0 Å². The molecule has 0 atom stereocenters. The van der Waals surface area contributed by atoms with Crippen molar-refractivity contribution in [3.05, 3.63) is 34.3 Å². The first-order chi connectivity index (χ1) is 6.15. The molecule has 3 heteroatoms. The third kappa shape index (κ3) is 2.56. The number of oxime groups is 1. The van der Waals surface area contributed by atoms with Gasteiger partial charge in [-0.3, -0.25) is 0 Å². The van der Waals surface area contributed by atoms with Gasteiger partial charge in [0.15, 0.2) is 0 Å². The molecule has 0 aromatic heterocycles. The van der Waals surface area contributed by atoms with Crippen LogP contribution < -0.4 is 0 Å². The van der Waals surface area contributed by atoms with Gasteiger partial charge in [0.25, 0.3) is 0 Å². The second-order valence-electron chi connectivity index (χ2n) is 3.15. The van der Waals surface area contributed by atoms with E-state index < -0.39 is 0 Å². The largest absolute Gasteiger partial charge is 0.411 e. The van der Waals surface area contributed by atoms with Crippen LogP contribution in [0, 0.1) is 5.92 Å². The number of nitrogens with zero attached hydrogens (tertiary/aromatic N) is 1. The quantitative estimate of drug-likeness (QED) is 0.481. The third-order valence-electron chi connectivity index (χ3n) is 1.79. The summed E-state index contributed by atoms with van der Waals surface area (Å²) in [5, 5.41) is 12.1. The lowest BCUT2D eigenvalue weighted by Crippen LogP contribution is -2.08. The molecule has 0 aliphatic rings. The molecule has 0 saturated carbocycles. The highest BCUT2D eigenvalue weighted by Gasteiger charge is 2.08. The Balaban J connectivity index is 3.00. The van der Waals surface area contributed by atoms with Crippen LogP contribution in [-0.2, 0) is 0 Å². The van der Waals surface area contributed by atoms with E-state index in [2.05, 4.69) is 21.1 Å². The SMILES string of the molecule is CC(C)/C(=N/O)c1ccc(Br)cc1. The molecule has 0 unspecified atom stereocenters. The maximum atomic E-state index is 8.80. The van der Waals surface area contributed by atoms with Gasteiger partial charge in [-0.2, -0.15) is 0 Å². The zero-order valence-electron chi connectivity index (χ0n) is 7.66. The predicted octanol–water partition coefficient (Wildman–Crippen LogP) is 3.28. The van der Waals surface area contributed by atoms with Gasteiger partial charge in [-0.15, -0.1) is 0 Å². The van der Waals surface area contributed by atoms with Gasteiger partial charge in [-0.1, -0.05) is 47.1 Å². The Kier molecular flexibility index (Phi) is 3.48. The van der Waals surface area contributed by atoms with E-state index in [-0.39, 0.29) is 5.92 Å². The summed E-state index contributed by atoms with van der Waals surface area (Å²) >= 11 is 3.35. The molecule has 1 aromatic rings. The topological polar surface area (TPSA) is 32.6 Å². The molecule has 13 heavy (non-hydrogen) atoms. The van der Waals surface area contributed by atoms with Crippen molar-refractivity contribution in [2.45, 2.75) is 13.8 Å². The van der Waals surface area contributed by atoms with Crippen LogP contribution in [0.3, 0.4) is 0 Å². The lowest BCUT2D eigenvalue weighted by molar-refractivity contribution is 0.316. The Labute approximate surface area is 86.4 Å². The molecule has 0 fully saturated rings. The van der Waals surface area contributed by atoms with Crippen LogP contribution in [0.25, 0.3) is 0 Å². The zero-order valence-corrected chi connectivity index (χ0v) is 9.25. The van der Waals surface area contributed by atoms with E-state index in [0.29, 0.717) is 5.71 Å². The summed E-state index contributed by atoms with van der Waals surface area (Å²) in [6, 6.07) is 7.73. The first-order valence-electron chi connectivity index (χ1n) is 4.13. The third-order valence-corrected chi connectivity index (χ3v) is 2.32. The number of halogens is 1. The monoisotopic (exact) mass is 241 g/mol. The number of hydrogen-bond donors (Lipinski definition) is 1. The molecule has 2 nitrogen and oxygen atoms in total. The molecule has 0 radical (unpaired) electrons. The Hall–Kier alpha value is -0.830. The number of hydrogen-bond acceptors (Lipinski definition) is 2. The van der Waals surface area contributed by atoms with Crippen LogP contribution in [0.15, 0.2) is 33.9 Å². The molecule has 1 aromatic carbocycles. The van der Waals surface area contributed by atoms with Crippen LogP contribution in [-0.4, -0.2) is 10.9 Å². The molecule has 70 valence electrons. The number of benzene rings is 1. The smallest absolute Gasteiger partial charge is 0.0893 e. The highest BCUT2D eigenvalue weighted by Crippen LogP contribution is 2.14. The average molecular weight is 242 g/mol. The predicted molar refractivity (Wildman–Crippen MR) is 57.3 cm³/mol. The first-order valence-corrected chi connectivity index (χ1v) is 4.92. The molecule has 0 aliphatic heterocycles. The summed E-state index contributed by atoms with van der Waals surface area (Å²) in [4.78, 5) is 0. The minimum Gasteiger partial charge on any atom is -0.411 e. The van der Waals surface area contributed by atoms with Crippen molar-refractivity contribution < 1.29 is 5.21 Å². The summed E-state index contributed by atoms with van der Waals surface area (Å²) in [7, 11) is 0. The van der Waals surface area contributed by atoms with Crippen molar-refractivity contribution in [2.75, 3.05) is 0 Å². The van der Waals surface area contributed by atoms with Gasteiger partial charge in [0.05, 0.1) is 5.71 Å². The van der Waals surface area contributed by atoms with Gasteiger partial charge in [-0.05, 0) is 23.6 Å². The number of rotatable bonds is 2. The molecule has 0 heterocycles. The molecular formula is C10H12BrNO. The summed E-state index contributed by atoms with van der Waals surface area (Å²) in [5.74, 6) is 0.228. The van der Waals surface area contributed by atoms with E-state index in [0.717, 1.165) is 10.0 Å². The van der Waals surface area contributed by atoms with E-state index in [4.69, 9.17) is 5.21 Å². The molecule has 0 saturated heterocycles. The maximum absolute atomic E-state index is 8.80. The highest BCUT2D eigenvalue weighted by molar-refractivity contribution is 9.10. The van der Waals surface area contributed by atoms with E-state index in [9.17, 15) is 0 Å². The minimum absolute atomic E-state index is 0.228. The van der Waals surface area contributed by atoms with Crippen molar-refractivity contribution in [3.8, 4) is 0 Å². The normalized spacial score (nSPS) is 12.2. The van der Waals surface area contributed by atoms with Gasteiger partial charge >= 0.3 is 0 Å². The summed E-state index contributed by atoms with van der Waals surface area (Å²) < 4.78 is 1.03. The van der Waals surface area contributed by atoms with Crippen LogP contribution in [0.4, 0.5) is 0 Å². The molecular weight excluding hydrogens is 230 g/mol. The molecule has 0 spiro atoms. The van der Waals surface area contributed by atoms with Gasteiger partial charge in [0.2, 0.25) is 0 Å². The van der Waals surface area contributed by atoms with Crippen molar-refractivity contribution >= 4 is 21.6 Å². The van der Waals surface area contributed by atoms with E-state index in [1.54, 1.807) is 0 Å². The van der Waals surface area contributed by atoms with Crippen LogP contribution in [0.1, 0.15) is 19.4 Å². The van der Waals surface area contributed by atoms with Crippen LogP contribution >= 0.6 is 15.9 Å². The van der Waals surface area contributed by atoms with Gasteiger partial charge in [0.1, 0.15) is 0 Å². The van der Waals surface area contributed by atoms with Gasteiger partial charge in [0, 0.05) is 4.47 Å². The Morgan fingerprint density at radius 1 is 1.31 bits per heavy atom. The molecule has 0 bridgehead atoms. The van der Waals surface area contributed by atoms with Crippen LogP contribution in [0.5, 0.6) is 0 Å². The molecule has 1 N–H and O–H groups in total. The second-order valence-corrected chi connectivity index (χ2v) is 4.06. The van der Waals surface area contributed by atoms with Crippen molar-refractivity contribution in [3.63, 3.8) is 0 Å². The maximum Gasteiger partial charge on any atom is 0.0893 e. The molecule has 0 amide bonds. The Bertz CT molecular complexity index is 303. The second kappa shape index (κ2) is 4.42. The van der Waals surface area contributed by atoms with E-state index in [1.807, 2.05) is 38.1 Å². The molecule has 0 aliphatic carbocycles. The van der Waals surface area contributed by atoms with Crippen LogP contribution in [0.2, 0.25) is 0 Å². The summed E-state index contributed by atoms with van der Waals surface area (Å²) in [6.07, 6.45) is 0. The minimum atomic E-state index is 0.228. The zero-order chi connectivity index (χ0) is 9.84. The molecule has 1 rings (SSSR count). The fourth-order valence-electron chi connectivity index (χ4n) is 1.13. The van der Waals surface area contributed by atoms with Gasteiger partial charge < -0.3 is 5.21 Å². The lowest BCUT2D eigenvalue weighted by atomic mass is 10.0. The van der Waals surface area contributed by atoms with Crippen molar-refractivity contribution in [2.24, 2.45) is 11.1 Å². The Morgan fingerprint density at radius 2 is 1.85 bits per heavy atom. The standard InChI is InChI=1S/C10H12BrNO/c1-7(2)10(12-13)8-3-5-9(11)6-4-8/h3-7,13H,1-2H3/b12-10-. The van der Waals surface area contributed by atoms with Gasteiger partial charge in [-0.25, -0.2) is 0 Å². The fourth-order valence-corrected chi connectivity index (χ4v) is 1.39.